The van der Waals surface area contributed by atoms with Crippen LogP contribution in [0.1, 0.15) is 34.0 Å². The van der Waals surface area contributed by atoms with Gasteiger partial charge in [-0.25, -0.2) is 4.79 Å². The summed E-state index contributed by atoms with van der Waals surface area (Å²) < 4.78 is 4.95. The highest BCUT2D eigenvalue weighted by molar-refractivity contribution is 5.98. The van der Waals surface area contributed by atoms with Gasteiger partial charge in [-0.15, -0.1) is 0 Å². The normalized spacial score (nSPS) is 10.2. The van der Waals surface area contributed by atoms with Crippen LogP contribution in [0.5, 0.6) is 0 Å². The molecule has 0 aliphatic rings. The Hall–Kier alpha value is -3.72. The molecular weight excluding hydrogens is 344 g/mol. The van der Waals surface area contributed by atoms with Gasteiger partial charge in [0.15, 0.2) is 12.4 Å². The van der Waals surface area contributed by atoms with E-state index in [4.69, 9.17) is 10.00 Å². The summed E-state index contributed by atoms with van der Waals surface area (Å²) in [6.45, 7) is 1.46. The second-order valence-electron chi connectivity index (χ2n) is 5.70. The van der Waals surface area contributed by atoms with Crippen molar-refractivity contribution >= 4 is 23.7 Å². The zero-order valence-electron chi connectivity index (χ0n) is 14.8. The van der Waals surface area contributed by atoms with Crippen LogP contribution in [0.2, 0.25) is 0 Å². The van der Waals surface area contributed by atoms with E-state index in [1.165, 1.54) is 13.0 Å². The number of carbonyl (C=O) groups is 3. The molecule has 0 bridgehead atoms. The third-order valence-electron chi connectivity index (χ3n) is 3.61. The van der Waals surface area contributed by atoms with Crippen molar-refractivity contribution in [2.45, 2.75) is 13.5 Å². The molecule has 2 aromatic rings. The Morgan fingerprint density at radius 1 is 1.07 bits per heavy atom. The Kier molecular flexibility index (Phi) is 7.03. The molecule has 0 aliphatic heterocycles. The molecule has 0 aliphatic carbocycles. The minimum atomic E-state index is -0.630. The number of esters is 1. The van der Waals surface area contributed by atoms with Gasteiger partial charge in [0.25, 0.3) is 0 Å². The molecule has 0 fully saturated rings. The SMILES string of the molecule is CC(=O)NCc1ccc(C(=O)COC(=O)/C=C/c2ccc(C#N)cc2)cc1. The number of nitrogens with one attached hydrogen (secondary N) is 1. The van der Waals surface area contributed by atoms with Gasteiger partial charge in [-0.05, 0) is 29.3 Å². The second kappa shape index (κ2) is 9.68. The van der Waals surface area contributed by atoms with Gasteiger partial charge >= 0.3 is 5.97 Å². The van der Waals surface area contributed by atoms with Crippen LogP contribution in [-0.4, -0.2) is 24.3 Å². The molecular formula is C21H18N2O4. The lowest BCUT2D eigenvalue weighted by molar-refractivity contribution is -0.136. The summed E-state index contributed by atoms with van der Waals surface area (Å²) >= 11 is 0. The third kappa shape index (κ3) is 6.59. The average molecular weight is 362 g/mol. The van der Waals surface area contributed by atoms with Crippen molar-refractivity contribution < 1.29 is 19.1 Å². The monoisotopic (exact) mass is 362 g/mol. The van der Waals surface area contributed by atoms with E-state index in [1.54, 1.807) is 54.6 Å². The number of amides is 1. The summed E-state index contributed by atoms with van der Waals surface area (Å²) in [6.07, 6.45) is 2.77. The molecule has 0 unspecified atom stereocenters. The first-order chi connectivity index (χ1) is 13.0. The maximum absolute atomic E-state index is 12.1. The van der Waals surface area contributed by atoms with E-state index in [1.807, 2.05) is 6.07 Å². The topological polar surface area (TPSA) is 96.3 Å². The van der Waals surface area contributed by atoms with E-state index in [2.05, 4.69) is 5.32 Å². The number of nitrogens with zero attached hydrogens (tertiary/aromatic N) is 1. The summed E-state index contributed by atoms with van der Waals surface area (Å²) in [6, 6.07) is 15.4. The molecule has 2 aromatic carbocycles. The Morgan fingerprint density at radius 2 is 1.74 bits per heavy atom. The molecule has 0 radical (unpaired) electrons. The Bertz CT molecular complexity index is 891. The van der Waals surface area contributed by atoms with E-state index >= 15 is 0 Å². The molecule has 136 valence electrons. The highest BCUT2D eigenvalue weighted by atomic mass is 16.5. The van der Waals surface area contributed by atoms with E-state index in [0.29, 0.717) is 17.7 Å². The molecule has 0 heterocycles. The summed E-state index contributed by atoms with van der Waals surface area (Å²) in [5.74, 6) is -1.08. The van der Waals surface area contributed by atoms with Crippen LogP contribution in [0, 0.1) is 11.3 Å². The fraction of sp³-hybridized carbons (Fsp3) is 0.143. The summed E-state index contributed by atoms with van der Waals surface area (Å²) in [7, 11) is 0. The van der Waals surface area contributed by atoms with Crippen molar-refractivity contribution in [1.82, 2.24) is 5.32 Å². The number of carbonyl (C=O) groups excluding carboxylic acids is 3. The lowest BCUT2D eigenvalue weighted by atomic mass is 10.1. The van der Waals surface area contributed by atoms with Crippen molar-refractivity contribution in [2.75, 3.05) is 6.61 Å². The predicted molar refractivity (Wildman–Crippen MR) is 99.4 cm³/mol. The molecule has 0 aromatic heterocycles. The van der Waals surface area contributed by atoms with Gasteiger partial charge in [-0.3, -0.25) is 9.59 Å². The van der Waals surface area contributed by atoms with Crippen LogP contribution >= 0.6 is 0 Å². The van der Waals surface area contributed by atoms with Gasteiger partial charge in [0.2, 0.25) is 5.91 Å². The first-order valence-electron chi connectivity index (χ1n) is 8.19. The van der Waals surface area contributed by atoms with Crippen LogP contribution in [0.3, 0.4) is 0 Å². The van der Waals surface area contributed by atoms with E-state index in [-0.39, 0.29) is 18.3 Å². The zero-order valence-corrected chi connectivity index (χ0v) is 14.8. The average Bonchev–Trinajstić information content (AvgIpc) is 2.69. The van der Waals surface area contributed by atoms with Crippen LogP contribution in [0.25, 0.3) is 6.08 Å². The first kappa shape index (κ1) is 19.6. The largest absolute Gasteiger partial charge is 0.454 e. The number of rotatable bonds is 7. The van der Waals surface area contributed by atoms with Gasteiger partial charge in [0.05, 0.1) is 11.6 Å². The number of hydrogen-bond donors (Lipinski definition) is 1. The molecule has 1 amide bonds. The van der Waals surface area contributed by atoms with Gasteiger partial charge in [-0.1, -0.05) is 36.4 Å². The van der Waals surface area contributed by atoms with Gasteiger partial charge < -0.3 is 10.1 Å². The van der Waals surface area contributed by atoms with Crippen LogP contribution in [0.15, 0.2) is 54.6 Å². The van der Waals surface area contributed by atoms with Crippen molar-refractivity contribution in [1.29, 1.82) is 5.26 Å². The van der Waals surface area contributed by atoms with Crippen molar-refractivity contribution in [3.63, 3.8) is 0 Å². The van der Waals surface area contributed by atoms with Crippen LogP contribution < -0.4 is 5.32 Å². The van der Waals surface area contributed by atoms with Gasteiger partial charge in [0, 0.05) is 25.1 Å². The highest BCUT2D eigenvalue weighted by Gasteiger charge is 2.08. The van der Waals surface area contributed by atoms with Crippen LogP contribution in [-0.2, 0) is 20.9 Å². The molecule has 27 heavy (non-hydrogen) atoms. The van der Waals surface area contributed by atoms with E-state index < -0.39 is 5.97 Å². The van der Waals surface area contributed by atoms with E-state index in [0.717, 1.165) is 11.1 Å². The number of ketones is 1. The molecule has 0 saturated carbocycles. The fourth-order valence-corrected chi connectivity index (χ4v) is 2.14. The summed E-state index contributed by atoms with van der Waals surface area (Å²) in [5.41, 5.74) is 2.56. The quantitative estimate of drug-likeness (QED) is 0.464. The number of benzene rings is 2. The summed E-state index contributed by atoms with van der Waals surface area (Å²) in [5, 5.41) is 11.4. The predicted octanol–water partition coefficient (Wildman–Crippen LogP) is 2.63. The molecule has 0 spiro atoms. The number of hydrogen-bond acceptors (Lipinski definition) is 5. The minimum Gasteiger partial charge on any atom is -0.454 e. The number of Topliss-reactive ketones (excluding diaryl/α,β-unsaturated/α-hetero) is 1. The molecule has 0 saturated heterocycles. The lowest BCUT2D eigenvalue weighted by Crippen LogP contribution is -2.19. The Balaban J connectivity index is 1.83. The maximum atomic E-state index is 12.1. The molecule has 6 heteroatoms. The highest BCUT2D eigenvalue weighted by Crippen LogP contribution is 2.07. The Labute approximate surface area is 157 Å². The van der Waals surface area contributed by atoms with Crippen molar-refractivity contribution in [3.05, 3.63) is 76.9 Å². The van der Waals surface area contributed by atoms with Crippen molar-refractivity contribution in [3.8, 4) is 6.07 Å². The molecule has 6 nitrogen and oxygen atoms in total. The number of nitriles is 1. The van der Waals surface area contributed by atoms with E-state index in [9.17, 15) is 14.4 Å². The van der Waals surface area contributed by atoms with Crippen molar-refractivity contribution in [2.24, 2.45) is 0 Å². The standard InChI is InChI=1S/C21H18N2O4/c1-15(24)23-13-18-6-9-19(10-7-18)20(25)14-27-21(26)11-8-16-2-4-17(12-22)5-3-16/h2-11H,13-14H2,1H3,(H,23,24)/b11-8+. The molecule has 1 N–H and O–H groups in total. The minimum absolute atomic E-state index is 0.129. The van der Waals surface area contributed by atoms with Gasteiger partial charge in [0.1, 0.15) is 0 Å². The maximum Gasteiger partial charge on any atom is 0.331 e. The smallest absolute Gasteiger partial charge is 0.331 e. The Morgan fingerprint density at radius 3 is 2.33 bits per heavy atom. The molecule has 2 rings (SSSR count). The van der Waals surface area contributed by atoms with Crippen LogP contribution in [0.4, 0.5) is 0 Å². The lowest BCUT2D eigenvalue weighted by Gasteiger charge is -2.05. The fourth-order valence-electron chi connectivity index (χ4n) is 2.14. The zero-order chi connectivity index (χ0) is 19.6. The number of ether oxygens (including phenoxy) is 1. The second-order valence-corrected chi connectivity index (χ2v) is 5.70. The molecule has 0 atom stereocenters. The first-order valence-corrected chi connectivity index (χ1v) is 8.19. The summed E-state index contributed by atoms with van der Waals surface area (Å²) in [4.78, 5) is 34.7. The third-order valence-corrected chi connectivity index (χ3v) is 3.61. The van der Waals surface area contributed by atoms with Gasteiger partial charge in [-0.2, -0.15) is 5.26 Å².